The van der Waals surface area contributed by atoms with Gasteiger partial charge in [-0.3, -0.25) is 19.7 Å². The van der Waals surface area contributed by atoms with Crippen LogP contribution in [0.3, 0.4) is 0 Å². The highest BCUT2D eigenvalue weighted by Gasteiger charge is 2.35. The fourth-order valence-electron chi connectivity index (χ4n) is 4.68. The van der Waals surface area contributed by atoms with Crippen molar-refractivity contribution in [3.05, 3.63) is 109 Å². The minimum Gasteiger partial charge on any atom is -0.619 e. The molecule has 0 saturated heterocycles. The van der Waals surface area contributed by atoms with Crippen LogP contribution in [0.15, 0.2) is 60.7 Å². The number of carbonyl (C=O) groups excluding carboxylic acids is 2. The monoisotopic (exact) mass is 456 g/mol. The van der Waals surface area contributed by atoms with E-state index in [1.165, 1.54) is 6.07 Å². The molecule has 170 valence electrons. The summed E-state index contributed by atoms with van der Waals surface area (Å²) < 4.78 is 0.455. The SMILES string of the molecule is C=[N+]([O-])c1cccc2c1C(=O)N(Cc1cccc(CN3Cc4cccc([N+](=O)[O-])c4C3=O)c1)C2. The predicted octanol–water partition coefficient (Wildman–Crippen LogP) is 3.75. The van der Waals surface area contributed by atoms with E-state index in [0.29, 0.717) is 42.0 Å². The summed E-state index contributed by atoms with van der Waals surface area (Å²) >= 11 is 0. The lowest BCUT2D eigenvalue weighted by Gasteiger charge is -2.18. The molecule has 9 heteroatoms. The molecule has 2 aliphatic heterocycles. The van der Waals surface area contributed by atoms with Gasteiger partial charge in [-0.05, 0) is 22.3 Å². The maximum Gasteiger partial charge on any atom is 0.282 e. The van der Waals surface area contributed by atoms with Crippen molar-refractivity contribution >= 4 is 29.9 Å². The second-order valence-corrected chi connectivity index (χ2v) is 8.40. The minimum atomic E-state index is -0.530. The molecule has 9 nitrogen and oxygen atoms in total. The van der Waals surface area contributed by atoms with E-state index in [9.17, 15) is 24.9 Å². The second kappa shape index (κ2) is 8.11. The van der Waals surface area contributed by atoms with Crippen molar-refractivity contribution in [1.29, 1.82) is 0 Å². The van der Waals surface area contributed by atoms with Crippen LogP contribution in [-0.2, 0) is 26.2 Å². The average Bonchev–Trinajstić information content (AvgIpc) is 3.30. The van der Waals surface area contributed by atoms with Gasteiger partial charge in [-0.25, -0.2) is 0 Å². The molecule has 3 aromatic carbocycles. The molecule has 0 unspecified atom stereocenters. The normalized spacial score (nSPS) is 14.4. The van der Waals surface area contributed by atoms with Crippen LogP contribution in [0, 0.1) is 15.3 Å². The van der Waals surface area contributed by atoms with Crippen molar-refractivity contribution in [2.24, 2.45) is 0 Å². The Labute approximate surface area is 194 Å². The van der Waals surface area contributed by atoms with Crippen LogP contribution in [0.2, 0.25) is 0 Å². The molecule has 0 N–H and O–H groups in total. The standard InChI is InChI=1S/C25H20N4O5/c1-26(32)20-9-3-7-18-14-27(24(30)22(18)20)12-16-5-2-6-17(11-16)13-28-15-19-8-4-10-21(29(33)34)23(19)25(28)31/h2-11H,1,12-15H2. The molecule has 0 bridgehead atoms. The Balaban J connectivity index is 1.33. The van der Waals surface area contributed by atoms with Gasteiger partial charge in [-0.2, -0.15) is 4.74 Å². The van der Waals surface area contributed by atoms with Gasteiger partial charge in [0.05, 0.1) is 4.92 Å². The highest BCUT2D eigenvalue weighted by atomic mass is 16.6. The highest BCUT2D eigenvalue weighted by Crippen LogP contribution is 2.33. The van der Waals surface area contributed by atoms with E-state index in [1.54, 1.807) is 34.1 Å². The molecule has 0 aliphatic carbocycles. The molecule has 0 atom stereocenters. The van der Waals surface area contributed by atoms with Crippen molar-refractivity contribution in [3.8, 4) is 0 Å². The molecule has 2 amide bonds. The Morgan fingerprint density at radius 3 is 1.74 bits per heavy atom. The summed E-state index contributed by atoms with van der Waals surface area (Å²) in [5.41, 5.74) is 3.76. The number of nitrogens with zero attached hydrogens (tertiary/aromatic N) is 4. The van der Waals surface area contributed by atoms with Crippen LogP contribution in [0.1, 0.15) is 43.0 Å². The lowest BCUT2D eigenvalue weighted by atomic mass is 10.1. The van der Waals surface area contributed by atoms with Crippen LogP contribution in [0.25, 0.3) is 0 Å². The second-order valence-electron chi connectivity index (χ2n) is 8.40. The lowest BCUT2D eigenvalue weighted by molar-refractivity contribution is -0.385. The first-order valence-electron chi connectivity index (χ1n) is 10.7. The molecule has 0 aromatic heterocycles. The van der Waals surface area contributed by atoms with E-state index in [2.05, 4.69) is 6.72 Å². The first-order valence-corrected chi connectivity index (χ1v) is 10.7. The summed E-state index contributed by atoms with van der Waals surface area (Å²) in [5.74, 6) is -0.585. The summed E-state index contributed by atoms with van der Waals surface area (Å²) in [4.78, 5) is 39.9. The number of carbonyl (C=O) groups is 2. The fraction of sp³-hybridized carbons (Fsp3) is 0.160. The third-order valence-electron chi connectivity index (χ3n) is 6.19. The van der Waals surface area contributed by atoms with Gasteiger partial charge >= 0.3 is 0 Å². The molecule has 5 rings (SSSR count). The first kappa shape index (κ1) is 21.3. The highest BCUT2D eigenvalue weighted by molar-refractivity contribution is 6.02. The third-order valence-corrected chi connectivity index (χ3v) is 6.19. The van der Waals surface area contributed by atoms with E-state index in [1.807, 2.05) is 30.3 Å². The molecule has 2 heterocycles. The number of fused-ring (bicyclic) bond motifs is 2. The Morgan fingerprint density at radius 2 is 1.24 bits per heavy atom. The summed E-state index contributed by atoms with van der Waals surface area (Å²) in [6.07, 6.45) is 0. The lowest BCUT2D eigenvalue weighted by Crippen LogP contribution is -2.25. The number of nitro groups is 1. The quantitative estimate of drug-likeness (QED) is 0.184. The predicted molar refractivity (Wildman–Crippen MR) is 124 cm³/mol. The van der Waals surface area contributed by atoms with E-state index < -0.39 is 4.92 Å². The van der Waals surface area contributed by atoms with Gasteiger partial charge in [-0.1, -0.05) is 48.5 Å². The Bertz CT molecular complexity index is 1280. The van der Waals surface area contributed by atoms with Gasteiger partial charge in [-0.15, -0.1) is 0 Å². The average molecular weight is 456 g/mol. The fourth-order valence-corrected chi connectivity index (χ4v) is 4.68. The molecular formula is C25H20N4O5. The molecular weight excluding hydrogens is 436 g/mol. The van der Waals surface area contributed by atoms with Gasteiger partial charge in [0.2, 0.25) is 5.69 Å². The van der Waals surface area contributed by atoms with Gasteiger partial charge in [0.15, 0.2) is 0 Å². The zero-order chi connectivity index (χ0) is 24.0. The van der Waals surface area contributed by atoms with E-state index in [4.69, 9.17) is 0 Å². The van der Waals surface area contributed by atoms with Crippen molar-refractivity contribution < 1.29 is 19.3 Å². The maximum atomic E-state index is 13.0. The van der Waals surface area contributed by atoms with E-state index in [0.717, 1.165) is 16.7 Å². The Hall–Kier alpha value is -4.53. The number of rotatable bonds is 6. The van der Waals surface area contributed by atoms with Crippen molar-refractivity contribution in [1.82, 2.24) is 9.80 Å². The molecule has 0 spiro atoms. The largest absolute Gasteiger partial charge is 0.619 e. The van der Waals surface area contributed by atoms with E-state index >= 15 is 0 Å². The van der Waals surface area contributed by atoms with Crippen LogP contribution in [0.5, 0.6) is 0 Å². The zero-order valence-corrected chi connectivity index (χ0v) is 18.1. The summed E-state index contributed by atoms with van der Waals surface area (Å²) in [6.45, 7) is 4.70. The number of nitro benzene ring substituents is 1. The first-order chi connectivity index (χ1) is 16.3. The topological polar surface area (TPSA) is 110 Å². The Morgan fingerprint density at radius 1 is 0.765 bits per heavy atom. The van der Waals surface area contributed by atoms with E-state index in [-0.39, 0.29) is 28.8 Å². The molecule has 0 fully saturated rings. The van der Waals surface area contributed by atoms with Crippen LogP contribution < -0.4 is 0 Å². The van der Waals surface area contributed by atoms with Crippen LogP contribution in [-0.4, -0.2) is 38.0 Å². The number of amides is 2. The van der Waals surface area contributed by atoms with Crippen LogP contribution in [0.4, 0.5) is 11.4 Å². The maximum absolute atomic E-state index is 13.0. The third kappa shape index (κ3) is 3.57. The molecule has 34 heavy (non-hydrogen) atoms. The number of hydrogen-bond donors (Lipinski definition) is 0. The van der Waals surface area contributed by atoms with Gasteiger partial charge in [0.25, 0.3) is 17.5 Å². The minimum absolute atomic E-state index is 0.151. The summed E-state index contributed by atoms with van der Waals surface area (Å²) in [6, 6.07) is 17.4. The summed E-state index contributed by atoms with van der Waals surface area (Å²) in [5, 5.41) is 23.1. The van der Waals surface area contributed by atoms with Crippen molar-refractivity contribution in [2.75, 3.05) is 0 Å². The van der Waals surface area contributed by atoms with Crippen molar-refractivity contribution in [3.63, 3.8) is 0 Å². The zero-order valence-electron chi connectivity index (χ0n) is 18.1. The smallest absolute Gasteiger partial charge is 0.282 e. The number of hydrogen-bond acceptors (Lipinski definition) is 5. The van der Waals surface area contributed by atoms with Crippen LogP contribution >= 0.6 is 0 Å². The van der Waals surface area contributed by atoms with Gasteiger partial charge < -0.3 is 15.0 Å². The van der Waals surface area contributed by atoms with Gasteiger partial charge in [0, 0.05) is 38.3 Å². The Kier molecular flexibility index (Phi) is 5.09. The molecule has 0 saturated carbocycles. The van der Waals surface area contributed by atoms with Crippen molar-refractivity contribution in [2.45, 2.75) is 26.2 Å². The van der Waals surface area contributed by atoms with Gasteiger partial charge in [0.1, 0.15) is 17.8 Å². The number of benzene rings is 3. The molecule has 0 radical (unpaired) electrons. The molecule has 3 aromatic rings. The summed E-state index contributed by atoms with van der Waals surface area (Å²) in [7, 11) is 0. The molecule has 2 aliphatic rings.